The van der Waals surface area contributed by atoms with E-state index < -0.39 is 0 Å². The third kappa shape index (κ3) is 2.41. The van der Waals surface area contributed by atoms with Crippen LogP contribution in [0.25, 0.3) is 0 Å². The van der Waals surface area contributed by atoms with E-state index in [1.54, 1.807) is 5.01 Å². The number of piperidine rings is 1. The van der Waals surface area contributed by atoms with Crippen molar-refractivity contribution in [2.24, 2.45) is 22.1 Å². The number of nitroso groups, excluding NO2 is 1. The summed E-state index contributed by atoms with van der Waals surface area (Å²) in [5, 5.41) is 8.21. The zero-order valence-corrected chi connectivity index (χ0v) is 11.3. The number of hydrogen-bond acceptors (Lipinski definition) is 4. The Labute approximate surface area is 113 Å². The highest BCUT2D eigenvalue weighted by Gasteiger charge is 2.32. The third-order valence-electron chi connectivity index (χ3n) is 4.44. The van der Waals surface area contributed by atoms with Crippen molar-refractivity contribution in [1.82, 2.24) is 10.3 Å². The maximum absolute atomic E-state index is 10.7. The van der Waals surface area contributed by atoms with Crippen LogP contribution in [0.3, 0.4) is 0 Å². The molecule has 0 spiro atoms. The van der Waals surface area contributed by atoms with Crippen molar-refractivity contribution in [2.45, 2.75) is 26.2 Å². The van der Waals surface area contributed by atoms with E-state index in [-0.39, 0.29) is 0 Å². The number of aliphatic imine (C=N–C) groups is 1. The molecule has 1 saturated heterocycles. The van der Waals surface area contributed by atoms with Gasteiger partial charge in [0.15, 0.2) is 0 Å². The van der Waals surface area contributed by atoms with Crippen LogP contribution in [0.15, 0.2) is 33.3 Å². The summed E-state index contributed by atoms with van der Waals surface area (Å²) < 4.78 is 0. The average Bonchev–Trinajstić information content (AvgIpc) is 2.46. The van der Waals surface area contributed by atoms with E-state index in [0.29, 0.717) is 11.8 Å². The van der Waals surface area contributed by atoms with E-state index in [1.807, 2.05) is 6.21 Å². The molecule has 102 valence electrons. The van der Waals surface area contributed by atoms with E-state index in [0.717, 1.165) is 38.2 Å². The number of hydrogen-bond donors (Lipinski definition) is 1. The number of rotatable bonds is 2. The first kappa shape index (κ1) is 12.4. The minimum Gasteiger partial charge on any atom is -0.382 e. The quantitative estimate of drug-likeness (QED) is 0.775. The van der Waals surface area contributed by atoms with Crippen LogP contribution in [0.5, 0.6) is 0 Å². The van der Waals surface area contributed by atoms with Crippen LogP contribution < -0.4 is 5.32 Å². The van der Waals surface area contributed by atoms with E-state index in [4.69, 9.17) is 0 Å². The highest BCUT2D eigenvalue weighted by atomic mass is 16.3. The summed E-state index contributed by atoms with van der Waals surface area (Å²) in [4.78, 5) is 15.2. The molecule has 0 aromatic rings. The molecule has 1 aliphatic carbocycles. The second-order valence-corrected chi connectivity index (χ2v) is 5.65. The van der Waals surface area contributed by atoms with Gasteiger partial charge in [-0.05, 0) is 44.1 Å². The molecule has 2 heterocycles. The highest BCUT2D eigenvalue weighted by Crippen LogP contribution is 2.37. The fourth-order valence-corrected chi connectivity index (χ4v) is 3.42. The maximum Gasteiger partial charge on any atom is 0.0815 e. The molecule has 0 radical (unpaired) electrons. The molecular formula is C14H20N4O. The minimum atomic E-state index is 0.518. The summed E-state index contributed by atoms with van der Waals surface area (Å²) >= 11 is 0. The van der Waals surface area contributed by atoms with Crippen LogP contribution in [-0.4, -0.2) is 30.9 Å². The molecule has 19 heavy (non-hydrogen) atoms. The first-order valence-electron chi connectivity index (χ1n) is 7.04. The van der Waals surface area contributed by atoms with Gasteiger partial charge in [0.25, 0.3) is 0 Å². The molecule has 2 atom stereocenters. The largest absolute Gasteiger partial charge is 0.382 e. The molecule has 1 fully saturated rings. The molecule has 0 aromatic carbocycles. The fraction of sp³-hybridized carbons (Fsp3) is 0.643. The molecule has 0 aromatic heterocycles. The zero-order chi connectivity index (χ0) is 13.2. The van der Waals surface area contributed by atoms with Crippen LogP contribution in [0.2, 0.25) is 0 Å². The lowest BCUT2D eigenvalue weighted by molar-refractivity contribution is 0.146. The summed E-state index contributed by atoms with van der Waals surface area (Å²) in [6.45, 7) is 4.62. The second kappa shape index (κ2) is 5.15. The first-order valence-corrected chi connectivity index (χ1v) is 7.04. The third-order valence-corrected chi connectivity index (χ3v) is 4.44. The number of allylic oxidation sites excluding steroid dienone is 3. The smallest absolute Gasteiger partial charge is 0.0815 e. The molecule has 0 saturated carbocycles. The molecule has 3 rings (SSSR count). The highest BCUT2D eigenvalue weighted by molar-refractivity contribution is 5.65. The monoisotopic (exact) mass is 260 g/mol. The summed E-state index contributed by atoms with van der Waals surface area (Å²) in [5.41, 5.74) is 3.73. The Morgan fingerprint density at radius 1 is 1.53 bits per heavy atom. The molecule has 0 bridgehead atoms. The number of nitrogens with zero attached hydrogens (tertiary/aromatic N) is 3. The Balaban J connectivity index is 1.76. The minimum absolute atomic E-state index is 0.518. The lowest BCUT2D eigenvalue weighted by atomic mass is 9.76. The fourth-order valence-electron chi connectivity index (χ4n) is 3.42. The van der Waals surface area contributed by atoms with Gasteiger partial charge in [0.1, 0.15) is 0 Å². The van der Waals surface area contributed by atoms with Crippen molar-refractivity contribution >= 4 is 6.21 Å². The Morgan fingerprint density at radius 3 is 3.26 bits per heavy atom. The van der Waals surface area contributed by atoms with E-state index in [1.165, 1.54) is 17.7 Å². The lowest BCUT2D eigenvalue weighted by Crippen LogP contribution is -2.37. The molecule has 1 N–H and O–H groups in total. The zero-order valence-electron chi connectivity index (χ0n) is 11.3. The van der Waals surface area contributed by atoms with Crippen LogP contribution in [0.1, 0.15) is 26.2 Å². The van der Waals surface area contributed by atoms with Gasteiger partial charge in [0.2, 0.25) is 0 Å². The van der Waals surface area contributed by atoms with Crippen LogP contribution in [-0.2, 0) is 0 Å². The molecule has 0 amide bonds. The SMILES string of the molecule is CC1=CC2=C(C[C@@H]1C1CCCN(N=O)C1)NCC=N2. The maximum atomic E-state index is 10.7. The van der Waals surface area contributed by atoms with Gasteiger partial charge in [0, 0.05) is 25.0 Å². The van der Waals surface area contributed by atoms with Gasteiger partial charge in [-0.1, -0.05) is 5.57 Å². The normalized spacial score (nSPS) is 30.6. The molecule has 5 heteroatoms. The number of nitrogens with one attached hydrogen (secondary N) is 1. The predicted molar refractivity (Wildman–Crippen MR) is 75.5 cm³/mol. The van der Waals surface area contributed by atoms with E-state index >= 15 is 0 Å². The topological polar surface area (TPSA) is 57.1 Å². The Bertz CT molecular complexity index is 466. The van der Waals surface area contributed by atoms with Gasteiger partial charge in [-0.3, -0.25) is 10.0 Å². The molecule has 1 unspecified atom stereocenters. The second-order valence-electron chi connectivity index (χ2n) is 5.65. The molecule has 3 aliphatic rings. The average molecular weight is 260 g/mol. The standard InChI is InChI=1S/C14H20N4O/c1-10-7-13-14(16-5-4-15-13)8-12(10)11-3-2-6-18(9-11)17-19/h4,7,11-12,16H,2-3,5-6,8-9H2,1H3/t11?,12-/m0/s1. The summed E-state index contributed by atoms with van der Waals surface area (Å²) in [5.74, 6) is 1.05. The van der Waals surface area contributed by atoms with Crippen LogP contribution in [0, 0.1) is 16.7 Å². The molecular weight excluding hydrogens is 240 g/mol. The summed E-state index contributed by atoms with van der Waals surface area (Å²) in [7, 11) is 0. The summed E-state index contributed by atoms with van der Waals surface area (Å²) in [6.07, 6.45) is 7.39. The first-order chi connectivity index (χ1) is 9.28. The summed E-state index contributed by atoms with van der Waals surface area (Å²) in [6, 6.07) is 0. The van der Waals surface area contributed by atoms with Crippen molar-refractivity contribution < 1.29 is 0 Å². The van der Waals surface area contributed by atoms with E-state index in [2.05, 4.69) is 28.6 Å². The van der Waals surface area contributed by atoms with Crippen LogP contribution in [0.4, 0.5) is 0 Å². The Hall–Kier alpha value is -1.65. The van der Waals surface area contributed by atoms with Crippen molar-refractivity contribution in [1.29, 1.82) is 0 Å². The van der Waals surface area contributed by atoms with Gasteiger partial charge >= 0.3 is 0 Å². The van der Waals surface area contributed by atoms with Crippen molar-refractivity contribution in [3.8, 4) is 0 Å². The van der Waals surface area contributed by atoms with Crippen molar-refractivity contribution in [3.05, 3.63) is 28.0 Å². The van der Waals surface area contributed by atoms with E-state index in [9.17, 15) is 4.91 Å². The lowest BCUT2D eigenvalue weighted by Gasteiger charge is -2.37. The predicted octanol–water partition coefficient (Wildman–Crippen LogP) is 2.23. The van der Waals surface area contributed by atoms with Gasteiger partial charge in [-0.2, -0.15) is 0 Å². The van der Waals surface area contributed by atoms with Crippen LogP contribution >= 0.6 is 0 Å². The van der Waals surface area contributed by atoms with Crippen molar-refractivity contribution in [2.75, 3.05) is 19.6 Å². The molecule has 2 aliphatic heterocycles. The Morgan fingerprint density at radius 2 is 2.42 bits per heavy atom. The van der Waals surface area contributed by atoms with Gasteiger partial charge < -0.3 is 5.32 Å². The van der Waals surface area contributed by atoms with Gasteiger partial charge in [0.05, 0.1) is 17.5 Å². The van der Waals surface area contributed by atoms with Crippen molar-refractivity contribution in [3.63, 3.8) is 0 Å². The Kier molecular flexibility index (Phi) is 3.36. The molecule has 5 nitrogen and oxygen atoms in total. The van der Waals surface area contributed by atoms with Gasteiger partial charge in [-0.25, -0.2) is 0 Å². The van der Waals surface area contributed by atoms with Gasteiger partial charge in [-0.15, -0.1) is 4.91 Å².